The Morgan fingerprint density at radius 2 is 2.07 bits per heavy atom. The number of hydrogen-bond donors (Lipinski definition) is 2. The van der Waals surface area contributed by atoms with Gasteiger partial charge in [-0.05, 0) is 18.6 Å². The van der Waals surface area contributed by atoms with Crippen molar-refractivity contribution in [3.05, 3.63) is 24.7 Å². The molecule has 1 unspecified atom stereocenters. The molecule has 1 fully saturated rings. The molecule has 2 N–H and O–H groups in total. The van der Waals surface area contributed by atoms with Crippen LogP contribution in [0.3, 0.4) is 0 Å². The molecular formula is C10H12N2O3. The van der Waals surface area contributed by atoms with Crippen LogP contribution in [0.5, 0.6) is 0 Å². The lowest BCUT2D eigenvalue weighted by molar-refractivity contribution is -0.124. The third-order valence-electron chi connectivity index (χ3n) is 2.82. The lowest BCUT2D eigenvalue weighted by Crippen LogP contribution is -2.51. The molecule has 1 saturated heterocycles. The van der Waals surface area contributed by atoms with Crippen LogP contribution < -0.4 is 10.6 Å². The fourth-order valence-corrected chi connectivity index (χ4v) is 1.92. The van der Waals surface area contributed by atoms with E-state index in [0.717, 1.165) is 0 Å². The summed E-state index contributed by atoms with van der Waals surface area (Å²) < 4.78 is 4.91. The number of imide groups is 1. The van der Waals surface area contributed by atoms with Gasteiger partial charge in [0.05, 0.1) is 12.5 Å². The van der Waals surface area contributed by atoms with Crippen LogP contribution in [0, 0.1) is 5.92 Å². The minimum atomic E-state index is -0.867. The highest BCUT2D eigenvalue weighted by Crippen LogP contribution is 2.29. The molecule has 1 atom stereocenters. The van der Waals surface area contributed by atoms with Crippen molar-refractivity contribution in [1.82, 2.24) is 10.6 Å². The number of carbonyl (C=O) groups is 2. The number of urea groups is 1. The zero-order valence-corrected chi connectivity index (χ0v) is 8.32. The average molecular weight is 208 g/mol. The number of carbonyl (C=O) groups excluding carboxylic acids is 2. The molecule has 2 heterocycles. The fourth-order valence-electron chi connectivity index (χ4n) is 1.92. The largest absolute Gasteiger partial charge is 0.473 e. The molecule has 0 saturated carbocycles. The normalized spacial score (nSPS) is 29.9. The lowest BCUT2D eigenvalue weighted by atomic mass is 9.81. The standard InChI is InChI=1S/C10H12N2O3/c1-2-10(7-3-5-15-6-4-7)8(13)11-9(14)12-10/h3-7H,2H2,1H3,(H2,11,12,13,14). The first-order valence-electron chi connectivity index (χ1n) is 4.81. The van der Waals surface area contributed by atoms with E-state index in [4.69, 9.17) is 4.74 Å². The summed E-state index contributed by atoms with van der Waals surface area (Å²) in [5.74, 6) is -0.445. The van der Waals surface area contributed by atoms with Crippen molar-refractivity contribution in [2.75, 3.05) is 0 Å². The van der Waals surface area contributed by atoms with Gasteiger partial charge in [0.1, 0.15) is 5.54 Å². The highest BCUT2D eigenvalue weighted by atomic mass is 16.5. The summed E-state index contributed by atoms with van der Waals surface area (Å²) in [7, 11) is 0. The van der Waals surface area contributed by atoms with E-state index in [-0.39, 0.29) is 11.8 Å². The lowest BCUT2D eigenvalue weighted by Gasteiger charge is -2.30. The van der Waals surface area contributed by atoms with Gasteiger partial charge in [-0.1, -0.05) is 6.92 Å². The molecule has 0 aromatic heterocycles. The Balaban J connectivity index is 2.32. The maximum absolute atomic E-state index is 11.7. The third-order valence-corrected chi connectivity index (χ3v) is 2.82. The second-order valence-electron chi connectivity index (χ2n) is 3.55. The van der Waals surface area contributed by atoms with Crippen molar-refractivity contribution in [3.63, 3.8) is 0 Å². The maximum Gasteiger partial charge on any atom is 0.322 e. The van der Waals surface area contributed by atoms with Crippen molar-refractivity contribution in [2.45, 2.75) is 18.9 Å². The Morgan fingerprint density at radius 3 is 2.53 bits per heavy atom. The smallest absolute Gasteiger partial charge is 0.322 e. The van der Waals surface area contributed by atoms with Gasteiger partial charge in [0, 0.05) is 5.92 Å². The Morgan fingerprint density at radius 1 is 1.40 bits per heavy atom. The van der Waals surface area contributed by atoms with E-state index in [1.807, 2.05) is 6.92 Å². The van der Waals surface area contributed by atoms with Crippen molar-refractivity contribution < 1.29 is 14.3 Å². The number of ether oxygens (including phenoxy) is 1. The minimum absolute atomic E-state index is 0.164. The number of hydrogen-bond acceptors (Lipinski definition) is 3. The Kier molecular flexibility index (Phi) is 2.22. The van der Waals surface area contributed by atoms with Gasteiger partial charge in [0.15, 0.2) is 0 Å². The second kappa shape index (κ2) is 3.42. The quantitative estimate of drug-likeness (QED) is 0.655. The maximum atomic E-state index is 11.7. The van der Waals surface area contributed by atoms with Crippen LogP contribution in [0.4, 0.5) is 4.79 Å². The van der Waals surface area contributed by atoms with Gasteiger partial charge in [-0.25, -0.2) is 4.79 Å². The van der Waals surface area contributed by atoms with Gasteiger partial charge < -0.3 is 10.1 Å². The summed E-state index contributed by atoms with van der Waals surface area (Å²) in [5.41, 5.74) is -0.867. The SMILES string of the molecule is CCC1(C2C=COC=C2)NC(=O)NC1=O. The van der Waals surface area contributed by atoms with Crippen molar-refractivity contribution in [3.8, 4) is 0 Å². The highest BCUT2D eigenvalue weighted by Gasteiger charge is 2.49. The Labute approximate surface area is 87.2 Å². The van der Waals surface area contributed by atoms with E-state index in [1.54, 1.807) is 12.2 Å². The summed E-state index contributed by atoms with van der Waals surface area (Å²) in [6.07, 6.45) is 7.08. The predicted molar refractivity (Wildman–Crippen MR) is 52.6 cm³/mol. The second-order valence-corrected chi connectivity index (χ2v) is 3.55. The molecule has 3 amide bonds. The van der Waals surface area contributed by atoms with E-state index in [0.29, 0.717) is 6.42 Å². The van der Waals surface area contributed by atoms with Crippen molar-refractivity contribution in [1.29, 1.82) is 0 Å². The molecule has 2 aliphatic heterocycles. The molecule has 2 rings (SSSR count). The van der Waals surface area contributed by atoms with Gasteiger partial charge in [-0.15, -0.1) is 0 Å². The van der Waals surface area contributed by atoms with Gasteiger partial charge in [0.25, 0.3) is 5.91 Å². The molecule has 5 nitrogen and oxygen atoms in total. The van der Waals surface area contributed by atoms with E-state index in [9.17, 15) is 9.59 Å². The van der Waals surface area contributed by atoms with Crippen LogP contribution in [0.1, 0.15) is 13.3 Å². The van der Waals surface area contributed by atoms with Crippen LogP contribution >= 0.6 is 0 Å². The van der Waals surface area contributed by atoms with Crippen LogP contribution in [0.2, 0.25) is 0 Å². The summed E-state index contributed by atoms with van der Waals surface area (Å²) in [6, 6.07) is -0.435. The van der Waals surface area contributed by atoms with Crippen molar-refractivity contribution >= 4 is 11.9 Å². The molecule has 0 aromatic rings. The molecule has 0 radical (unpaired) electrons. The summed E-state index contributed by atoms with van der Waals surface area (Å²) in [6.45, 7) is 1.86. The van der Waals surface area contributed by atoms with E-state index >= 15 is 0 Å². The molecule has 0 spiro atoms. The molecular weight excluding hydrogens is 196 g/mol. The van der Waals surface area contributed by atoms with Crippen molar-refractivity contribution in [2.24, 2.45) is 5.92 Å². The first kappa shape index (κ1) is 9.76. The monoisotopic (exact) mass is 208 g/mol. The Bertz CT molecular complexity index is 350. The molecule has 80 valence electrons. The topological polar surface area (TPSA) is 67.4 Å². The van der Waals surface area contributed by atoms with Crippen LogP contribution in [-0.4, -0.2) is 17.5 Å². The number of rotatable bonds is 2. The third kappa shape index (κ3) is 1.40. The minimum Gasteiger partial charge on any atom is -0.473 e. The van der Waals surface area contributed by atoms with E-state index in [2.05, 4.69) is 10.6 Å². The zero-order valence-electron chi connectivity index (χ0n) is 8.32. The molecule has 0 bridgehead atoms. The molecule has 0 aromatic carbocycles. The van der Waals surface area contributed by atoms with E-state index in [1.165, 1.54) is 12.5 Å². The van der Waals surface area contributed by atoms with E-state index < -0.39 is 11.6 Å². The fraction of sp³-hybridized carbons (Fsp3) is 0.400. The van der Waals surface area contributed by atoms with Gasteiger partial charge >= 0.3 is 6.03 Å². The van der Waals surface area contributed by atoms with Crippen LogP contribution in [0.15, 0.2) is 24.7 Å². The molecule has 0 aliphatic carbocycles. The van der Waals surface area contributed by atoms with Crippen LogP contribution in [0.25, 0.3) is 0 Å². The highest BCUT2D eigenvalue weighted by molar-refractivity contribution is 6.07. The average Bonchev–Trinajstić information content (AvgIpc) is 2.56. The molecule has 2 aliphatic rings. The summed E-state index contributed by atoms with van der Waals surface area (Å²) in [4.78, 5) is 22.9. The number of nitrogens with one attached hydrogen (secondary N) is 2. The van der Waals surface area contributed by atoms with Gasteiger partial charge in [0.2, 0.25) is 0 Å². The van der Waals surface area contributed by atoms with Gasteiger partial charge in [-0.3, -0.25) is 10.1 Å². The van der Waals surface area contributed by atoms with Gasteiger partial charge in [-0.2, -0.15) is 0 Å². The molecule has 15 heavy (non-hydrogen) atoms. The van der Waals surface area contributed by atoms with Crippen LogP contribution in [-0.2, 0) is 9.53 Å². The summed E-state index contributed by atoms with van der Waals surface area (Å²) >= 11 is 0. The first-order valence-corrected chi connectivity index (χ1v) is 4.81. The molecule has 5 heteroatoms. The number of amides is 3. The Hall–Kier alpha value is -1.78. The first-order chi connectivity index (χ1) is 7.19. The summed E-state index contributed by atoms with van der Waals surface area (Å²) in [5, 5.41) is 4.94. The zero-order chi connectivity index (χ0) is 10.9. The predicted octanol–water partition coefficient (Wildman–Crippen LogP) is 0.648.